The summed E-state index contributed by atoms with van der Waals surface area (Å²) >= 11 is 0. The van der Waals surface area contributed by atoms with Crippen LogP contribution in [0.3, 0.4) is 0 Å². The Kier molecular flexibility index (Phi) is 5.25. The van der Waals surface area contributed by atoms with Gasteiger partial charge >= 0.3 is 0 Å². The average molecular weight is 588 g/mol. The van der Waals surface area contributed by atoms with E-state index in [0.29, 0.717) is 5.95 Å². The van der Waals surface area contributed by atoms with Crippen LogP contribution in [0.5, 0.6) is 0 Å². The third-order valence-corrected chi connectivity index (χ3v) is 9.18. The molecule has 0 radical (unpaired) electrons. The molecule has 0 saturated carbocycles. The Bertz CT molecular complexity index is 2810. The first-order valence-corrected chi connectivity index (χ1v) is 15.5. The largest absolute Gasteiger partial charge is 0.456 e. The summed E-state index contributed by atoms with van der Waals surface area (Å²) in [5.74, 6) is 0.659. The van der Waals surface area contributed by atoms with E-state index in [1.807, 2.05) is 18.2 Å². The number of rotatable bonds is 3. The number of hydrogen-bond acceptors (Lipinski definition) is 3. The minimum atomic E-state index is 0.659. The highest BCUT2D eigenvalue weighted by Crippen LogP contribution is 2.38. The number of para-hydroxylation sites is 2. The van der Waals surface area contributed by atoms with Gasteiger partial charge in [0.1, 0.15) is 11.2 Å². The molecule has 0 saturated heterocycles. The number of nitrogens with zero attached hydrogens (tertiary/aromatic N) is 3. The first-order chi connectivity index (χ1) is 22.8. The lowest BCUT2D eigenvalue weighted by atomic mass is 9.99. The van der Waals surface area contributed by atoms with Crippen LogP contribution in [0.2, 0.25) is 0 Å². The minimum absolute atomic E-state index is 0.659. The normalized spacial score (nSPS) is 11.9. The van der Waals surface area contributed by atoms with E-state index in [0.717, 1.165) is 66.3 Å². The zero-order valence-corrected chi connectivity index (χ0v) is 24.7. The molecule has 3 heterocycles. The second-order valence-corrected chi connectivity index (χ2v) is 11.8. The first kappa shape index (κ1) is 25.1. The molecule has 0 fully saturated rings. The van der Waals surface area contributed by atoms with E-state index in [1.165, 1.54) is 21.5 Å². The second kappa shape index (κ2) is 9.62. The summed E-state index contributed by atoms with van der Waals surface area (Å²) in [5, 5.41) is 8.03. The van der Waals surface area contributed by atoms with Crippen molar-refractivity contribution in [2.45, 2.75) is 0 Å². The van der Waals surface area contributed by atoms with Crippen molar-refractivity contribution in [3.8, 4) is 28.3 Å². The SMILES string of the molecule is c1ccc(-c2nc(-n3c4ccccc4c4cc5ccccc5cc43)nc3ccc(-c4ccc5oc6ccccc6c5c4)cc23)cc1. The molecule has 7 aromatic carbocycles. The maximum atomic E-state index is 6.10. The van der Waals surface area contributed by atoms with Crippen LogP contribution in [0.15, 0.2) is 156 Å². The average Bonchev–Trinajstić information content (AvgIpc) is 3.65. The van der Waals surface area contributed by atoms with E-state index < -0.39 is 0 Å². The zero-order valence-electron chi connectivity index (χ0n) is 24.7. The molecule has 0 amide bonds. The molecule has 4 heteroatoms. The fourth-order valence-electron chi connectivity index (χ4n) is 6.99. The number of hydrogen-bond donors (Lipinski definition) is 0. The van der Waals surface area contributed by atoms with Crippen molar-refractivity contribution in [3.63, 3.8) is 0 Å². The van der Waals surface area contributed by atoms with Crippen LogP contribution in [0.25, 0.3) is 93.8 Å². The van der Waals surface area contributed by atoms with Crippen molar-refractivity contribution >= 4 is 65.4 Å². The fraction of sp³-hybridized carbons (Fsp3) is 0. The Hall–Kier alpha value is -6.26. The summed E-state index contributed by atoms with van der Waals surface area (Å²) in [4.78, 5) is 10.6. The highest BCUT2D eigenvalue weighted by Gasteiger charge is 2.18. The van der Waals surface area contributed by atoms with Crippen molar-refractivity contribution < 1.29 is 4.42 Å². The van der Waals surface area contributed by atoms with Gasteiger partial charge in [-0.15, -0.1) is 0 Å². The van der Waals surface area contributed by atoms with Crippen LogP contribution in [0, 0.1) is 0 Å². The summed E-state index contributed by atoms with van der Waals surface area (Å²) in [6.07, 6.45) is 0. The van der Waals surface area contributed by atoms with Gasteiger partial charge < -0.3 is 4.42 Å². The van der Waals surface area contributed by atoms with Gasteiger partial charge in [0.25, 0.3) is 0 Å². The Balaban J connectivity index is 1.23. The third-order valence-electron chi connectivity index (χ3n) is 9.18. The van der Waals surface area contributed by atoms with Gasteiger partial charge in [0.2, 0.25) is 5.95 Å². The summed E-state index contributed by atoms with van der Waals surface area (Å²) in [5.41, 5.74) is 9.06. The molecular formula is C42H25N3O. The minimum Gasteiger partial charge on any atom is -0.456 e. The van der Waals surface area contributed by atoms with Gasteiger partial charge in [0.05, 0.1) is 22.2 Å². The van der Waals surface area contributed by atoms with E-state index in [1.54, 1.807) is 0 Å². The molecule has 10 rings (SSSR count). The lowest BCUT2D eigenvalue weighted by Crippen LogP contribution is -2.03. The molecule has 10 aromatic rings. The molecule has 0 aliphatic rings. The Morgan fingerprint density at radius 1 is 0.413 bits per heavy atom. The highest BCUT2D eigenvalue weighted by molar-refractivity contribution is 6.13. The topological polar surface area (TPSA) is 43.9 Å². The van der Waals surface area contributed by atoms with E-state index >= 15 is 0 Å². The highest BCUT2D eigenvalue weighted by atomic mass is 16.3. The van der Waals surface area contributed by atoms with Crippen molar-refractivity contribution in [2.75, 3.05) is 0 Å². The van der Waals surface area contributed by atoms with Crippen molar-refractivity contribution in [3.05, 3.63) is 152 Å². The van der Waals surface area contributed by atoms with Crippen molar-refractivity contribution in [1.29, 1.82) is 0 Å². The van der Waals surface area contributed by atoms with Gasteiger partial charge in [-0.1, -0.05) is 103 Å². The van der Waals surface area contributed by atoms with Gasteiger partial charge in [0.15, 0.2) is 0 Å². The first-order valence-electron chi connectivity index (χ1n) is 15.5. The second-order valence-electron chi connectivity index (χ2n) is 11.8. The number of aromatic nitrogens is 3. The Morgan fingerprint density at radius 2 is 1.09 bits per heavy atom. The van der Waals surface area contributed by atoms with E-state index in [4.69, 9.17) is 14.4 Å². The van der Waals surface area contributed by atoms with Gasteiger partial charge in [-0.25, -0.2) is 9.97 Å². The predicted octanol–water partition coefficient (Wildman–Crippen LogP) is 11.1. The van der Waals surface area contributed by atoms with Gasteiger partial charge in [-0.2, -0.15) is 0 Å². The van der Waals surface area contributed by atoms with Crippen LogP contribution in [-0.4, -0.2) is 14.5 Å². The number of furan rings is 1. The maximum Gasteiger partial charge on any atom is 0.235 e. The van der Waals surface area contributed by atoms with Crippen LogP contribution in [-0.2, 0) is 0 Å². The molecule has 46 heavy (non-hydrogen) atoms. The van der Waals surface area contributed by atoms with Gasteiger partial charge in [-0.3, -0.25) is 4.57 Å². The molecule has 3 aromatic heterocycles. The Labute approximate surface area is 263 Å². The predicted molar refractivity (Wildman–Crippen MR) is 190 cm³/mol. The van der Waals surface area contributed by atoms with Crippen molar-refractivity contribution in [2.24, 2.45) is 0 Å². The number of fused-ring (bicyclic) bond motifs is 8. The maximum absolute atomic E-state index is 6.10. The van der Waals surface area contributed by atoms with E-state index in [-0.39, 0.29) is 0 Å². The summed E-state index contributed by atoms with van der Waals surface area (Å²) in [6, 6.07) is 53.2. The molecule has 0 atom stereocenters. The third kappa shape index (κ3) is 3.74. The zero-order chi connectivity index (χ0) is 30.2. The molecule has 0 N–H and O–H groups in total. The van der Waals surface area contributed by atoms with Crippen LogP contribution < -0.4 is 0 Å². The summed E-state index contributed by atoms with van der Waals surface area (Å²) < 4.78 is 8.32. The molecule has 214 valence electrons. The lowest BCUT2D eigenvalue weighted by Gasteiger charge is -2.13. The summed E-state index contributed by atoms with van der Waals surface area (Å²) in [6.45, 7) is 0. The molecule has 0 spiro atoms. The van der Waals surface area contributed by atoms with Gasteiger partial charge in [0, 0.05) is 32.5 Å². The quantitative estimate of drug-likeness (QED) is 0.207. The lowest BCUT2D eigenvalue weighted by molar-refractivity contribution is 0.669. The molecule has 0 bridgehead atoms. The fourth-order valence-corrected chi connectivity index (χ4v) is 6.99. The van der Waals surface area contributed by atoms with Crippen molar-refractivity contribution in [1.82, 2.24) is 14.5 Å². The smallest absolute Gasteiger partial charge is 0.235 e. The van der Waals surface area contributed by atoms with E-state index in [9.17, 15) is 0 Å². The monoisotopic (exact) mass is 587 g/mol. The molecular weight excluding hydrogens is 562 g/mol. The van der Waals surface area contributed by atoms with Crippen LogP contribution >= 0.6 is 0 Å². The van der Waals surface area contributed by atoms with Crippen LogP contribution in [0.4, 0.5) is 0 Å². The molecule has 0 aliphatic heterocycles. The van der Waals surface area contributed by atoms with Crippen LogP contribution in [0.1, 0.15) is 0 Å². The molecule has 0 aliphatic carbocycles. The molecule has 0 unspecified atom stereocenters. The number of benzene rings is 7. The van der Waals surface area contributed by atoms with E-state index in [2.05, 4.69) is 138 Å². The standard InChI is InChI=1S/C42H25N3O/c1-2-10-26(11-3-1)41-35-24-29(30-19-21-40-34(23-30)32-15-7-9-17-39(32)46-40)18-20-36(35)43-42(44-41)45-37-16-8-6-14-31(37)33-22-27-12-4-5-13-28(27)25-38(33)45/h1-25H. The van der Waals surface area contributed by atoms with Gasteiger partial charge in [-0.05, 0) is 70.4 Å². The summed E-state index contributed by atoms with van der Waals surface area (Å²) in [7, 11) is 0. The Morgan fingerprint density at radius 3 is 1.96 bits per heavy atom. The molecule has 4 nitrogen and oxygen atoms in total.